The van der Waals surface area contributed by atoms with E-state index in [0.29, 0.717) is 24.8 Å². The van der Waals surface area contributed by atoms with Crippen LogP contribution >= 0.6 is 0 Å². The number of aliphatic carboxylic acids is 1. The topological polar surface area (TPSA) is 89.9 Å². The third-order valence-corrected chi connectivity index (χ3v) is 6.29. The molecule has 27 heavy (non-hydrogen) atoms. The number of rotatable bonds is 5. The van der Waals surface area contributed by atoms with Gasteiger partial charge in [0, 0.05) is 23.8 Å². The number of hydrogen-bond donors (Lipinski definition) is 1. The summed E-state index contributed by atoms with van der Waals surface area (Å²) in [7, 11) is 1.60. The number of methoxy groups -OCH3 is 1. The van der Waals surface area contributed by atoms with Gasteiger partial charge in [-0.2, -0.15) is 0 Å². The number of ketones is 1. The average molecular weight is 374 g/mol. The second-order valence-corrected chi connectivity index (χ2v) is 7.89. The van der Waals surface area contributed by atoms with Crippen LogP contribution in [0.3, 0.4) is 0 Å². The molecule has 4 atom stereocenters. The van der Waals surface area contributed by atoms with Crippen molar-refractivity contribution in [1.82, 2.24) is 0 Å². The van der Waals surface area contributed by atoms with Crippen LogP contribution in [0, 0.1) is 17.3 Å². The minimum atomic E-state index is -0.935. The average Bonchev–Trinajstić information content (AvgIpc) is 2.89. The lowest BCUT2D eigenvalue weighted by Gasteiger charge is -2.40. The van der Waals surface area contributed by atoms with Crippen LogP contribution in [-0.4, -0.2) is 36.0 Å². The molecule has 1 aromatic rings. The Bertz CT molecular complexity index is 770. The largest absolute Gasteiger partial charge is 0.497 e. The molecule has 0 saturated heterocycles. The van der Waals surface area contributed by atoms with Gasteiger partial charge in [-0.1, -0.05) is 6.92 Å². The van der Waals surface area contributed by atoms with E-state index in [-0.39, 0.29) is 24.0 Å². The van der Waals surface area contributed by atoms with Crippen molar-refractivity contribution in [3.63, 3.8) is 0 Å². The minimum Gasteiger partial charge on any atom is -0.497 e. The zero-order valence-electron chi connectivity index (χ0n) is 16.0. The molecule has 6 heteroatoms. The van der Waals surface area contributed by atoms with E-state index >= 15 is 0 Å². The lowest BCUT2D eigenvalue weighted by molar-refractivity contribution is -0.157. The van der Waals surface area contributed by atoms with Gasteiger partial charge in [0.1, 0.15) is 11.9 Å². The van der Waals surface area contributed by atoms with Gasteiger partial charge in [0.25, 0.3) is 0 Å². The van der Waals surface area contributed by atoms with Crippen molar-refractivity contribution < 1.29 is 29.0 Å². The molecular formula is C21H26O6. The van der Waals surface area contributed by atoms with Crippen molar-refractivity contribution in [3.05, 3.63) is 29.3 Å². The fraction of sp³-hybridized carbons (Fsp3) is 0.571. The van der Waals surface area contributed by atoms with Gasteiger partial charge in [-0.25, -0.2) is 0 Å². The van der Waals surface area contributed by atoms with E-state index in [0.717, 1.165) is 17.7 Å². The van der Waals surface area contributed by atoms with E-state index in [1.165, 1.54) is 6.92 Å². The molecule has 146 valence electrons. The highest BCUT2D eigenvalue weighted by Crippen LogP contribution is 2.53. The molecule has 0 aliphatic heterocycles. The second-order valence-electron chi connectivity index (χ2n) is 7.89. The fourth-order valence-electron chi connectivity index (χ4n) is 5.02. The van der Waals surface area contributed by atoms with Crippen molar-refractivity contribution in [1.29, 1.82) is 0 Å². The maximum Gasteiger partial charge on any atom is 0.304 e. The Morgan fingerprint density at radius 2 is 2.00 bits per heavy atom. The number of ether oxygens (including phenoxy) is 2. The molecule has 2 aliphatic rings. The molecule has 1 N–H and O–H groups in total. The Morgan fingerprint density at radius 1 is 1.26 bits per heavy atom. The Balaban J connectivity index is 1.90. The normalized spacial score (nSPS) is 29.9. The van der Waals surface area contributed by atoms with E-state index < -0.39 is 23.5 Å². The molecule has 0 bridgehead atoms. The Hall–Kier alpha value is -2.37. The summed E-state index contributed by atoms with van der Waals surface area (Å²) in [5.41, 5.74) is 0.924. The van der Waals surface area contributed by atoms with Crippen LogP contribution in [0.25, 0.3) is 0 Å². The molecule has 0 aromatic heterocycles. The van der Waals surface area contributed by atoms with Crippen LogP contribution in [-0.2, 0) is 20.7 Å². The number of carbonyl (C=O) groups excluding carboxylic acids is 2. The van der Waals surface area contributed by atoms with Gasteiger partial charge in [0.2, 0.25) is 0 Å². The van der Waals surface area contributed by atoms with Gasteiger partial charge < -0.3 is 14.6 Å². The van der Waals surface area contributed by atoms with Crippen LogP contribution in [0.5, 0.6) is 5.75 Å². The lowest BCUT2D eigenvalue weighted by Crippen LogP contribution is -2.43. The van der Waals surface area contributed by atoms with Gasteiger partial charge in [-0.15, -0.1) is 0 Å². The predicted molar refractivity (Wildman–Crippen MR) is 97.8 cm³/mol. The van der Waals surface area contributed by atoms with Gasteiger partial charge in [-0.05, 0) is 55.4 Å². The molecule has 1 aromatic carbocycles. The number of esters is 1. The van der Waals surface area contributed by atoms with Crippen molar-refractivity contribution in [3.8, 4) is 5.75 Å². The number of carboxylic acids is 1. The van der Waals surface area contributed by atoms with Crippen molar-refractivity contribution >= 4 is 17.7 Å². The number of carbonyl (C=O) groups is 3. The first-order valence-corrected chi connectivity index (χ1v) is 9.36. The molecule has 0 amide bonds. The van der Waals surface area contributed by atoms with E-state index in [9.17, 15) is 19.5 Å². The molecule has 1 unspecified atom stereocenters. The first-order chi connectivity index (χ1) is 12.8. The van der Waals surface area contributed by atoms with E-state index in [2.05, 4.69) is 0 Å². The summed E-state index contributed by atoms with van der Waals surface area (Å²) >= 11 is 0. The zero-order chi connectivity index (χ0) is 19.8. The number of aryl methyl sites for hydroxylation is 1. The second kappa shape index (κ2) is 7.33. The number of benzene rings is 1. The molecule has 6 nitrogen and oxygen atoms in total. The number of hydrogen-bond acceptors (Lipinski definition) is 5. The van der Waals surface area contributed by atoms with E-state index in [4.69, 9.17) is 9.47 Å². The summed E-state index contributed by atoms with van der Waals surface area (Å²) in [6.45, 7) is 3.19. The summed E-state index contributed by atoms with van der Waals surface area (Å²) in [6, 6.07) is 5.48. The van der Waals surface area contributed by atoms with E-state index in [1.807, 2.05) is 13.0 Å². The standard InChI is InChI=1S/C21H26O6/c1-12(22)27-18-9-8-17(21(18,2)11-19(23)24)16-6-4-13-10-14(26-3)5-7-15(13)20(16)25/h5,7,10,16-18H,4,6,8-9,11H2,1-3H3,(H,23,24)/t16?,17-,18-,21-/m0/s1. The van der Waals surface area contributed by atoms with Gasteiger partial charge in [0.05, 0.1) is 13.5 Å². The van der Waals surface area contributed by atoms with Gasteiger partial charge >= 0.3 is 11.9 Å². The number of fused-ring (bicyclic) bond motifs is 1. The zero-order valence-corrected chi connectivity index (χ0v) is 16.0. The first kappa shape index (κ1) is 19.4. The third-order valence-electron chi connectivity index (χ3n) is 6.29. The summed E-state index contributed by atoms with van der Waals surface area (Å²) in [5.74, 6) is -0.938. The molecule has 0 spiro atoms. The number of carboxylic acid groups (broad SMARTS) is 1. The third kappa shape index (κ3) is 3.57. The molecule has 3 rings (SSSR count). The van der Waals surface area contributed by atoms with Crippen LogP contribution < -0.4 is 4.74 Å². The molecule has 0 radical (unpaired) electrons. The monoisotopic (exact) mass is 374 g/mol. The highest BCUT2D eigenvalue weighted by Gasteiger charge is 2.54. The Labute approximate surface area is 158 Å². The molecule has 2 aliphatic carbocycles. The summed E-state index contributed by atoms with van der Waals surface area (Å²) in [5, 5.41) is 9.45. The van der Waals surface area contributed by atoms with Crippen molar-refractivity contribution in [2.45, 2.75) is 52.1 Å². The first-order valence-electron chi connectivity index (χ1n) is 9.36. The molecule has 1 saturated carbocycles. The maximum absolute atomic E-state index is 13.2. The minimum absolute atomic E-state index is 0.0593. The highest BCUT2D eigenvalue weighted by atomic mass is 16.5. The molecule has 0 heterocycles. The van der Waals surface area contributed by atoms with Crippen LogP contribution in [0.15, 0.2) is 18.2 Å². The van der Waals surface area contributed by atoms with Crippen LogP contribution in [0.1, 0.15) is 55.5 Å². The predicted octanol–water partition coefficient (Wildman–Crippen LogP) is 3.26. The van der Waals surface area contributed by atoms with E-state index in [1.54, 1.807) is 19.2 Å². The summed E-state index contributed by atoms with van der Waals surface area (Å²) in [4.78, 5) is 36.2. The van der Waals surface area contributed by atoms with Crippen molar-refractivity contribution in [2.24, 2.45) is 17.3 Å². The highest BCUT2D eigenvalue weighted by molar-refractivity contribution is 6.00. The van der Waals surface area contributed by atoms with Crippen molar-refractivity contribution in [2.75, 3.05) is 7.11 Å². The molecular weight excluding hydrogens is 348 g/mol. The number of Topliss-reactive ketones (excluding diaryl/α,β-unsaturated/α-hetero) is 1. The maximum atomic E-state index is 13.2. The summed E-state index contributed by atoms with van der Waals surface area (Å²) in [6.07, 6.45) is 2.11. The molecule has 1 fully saturated rings. The Kier molecular flexibility index (Phi) is 5.27. The fourth-order valence-corrected chi connectivity index (χ4v) is 5.02. The van der Waals surface area contributed by atoms with Crippen LogP contribution in [0.4, 0.5) is 0 Å². The van der Waals surface area contributed by atoms with Gasteiger partial charge in [0.15, 0.2) is 5.78 Å². The SMILES string of the molecule is COc1ccc2c(c1)CCC([C@@H]1CC[C@H](OC(C)=O)[C@@]1(C)CC(=O)O)C2=O. The summed E-state index contributed by atoms with van der Waals surface area (Å²) < 4.78 is 10.7. The smallest absolute Gasteiger partial charge is 0.304 e. The quantitative estimate of drug-likeness (QED) is 0.796. The van der Waals surface area contributed by atoms with Crippen LogP contribution in [0.2, 0.25) is 0 Å². The van der Waals surface area contributed by atoms with Gasteiger partial charge in [-0.3, -0.25) is 14.4 Å². The lowest BCUT2D eigenvalue weighted by atomic mass is 9.65. The Morgan fingerprint density at radius 3 is 2.63 bits per heavy atom.